The molecule has 1 fully saturated rings. The Morgan fingerprint density at radius 3 is 2.48 bits per heavy atom. The van der Waals surface area contributed by atoms with Gasteiger partial charge in [-0.1, -0.05) is 38.1 Å². The highest BCUT2D eigenvalue weighted by atomic mass is 32.2. The van der Waals surface area contributed by atoms with Crippen molar-refractivity contribution >= 4 is 21.9 Å². The molecule has 11 heteroatoms. The van der Waals surface area contributed by atoms with E-state index in [1.165, 1.54) is 12.1 Å². The maximum atomic E-state index is 14.3. The third-order valence-electron chi connectivity index (χ3n) is 8.63. The summed E-state index contributed by atoms with van der Waals surface area (Å²) in [6.07, 6.45) is 2.97. The second-order valence-corrected chi connectivity index (χ2v) is 14.1. The van der Waals surface area contributed by atoms with Crippen LogP contribution in [0.25, 0.3) is 11.3 Å². The van der Waals surface area contributed by atoms with Crippen molar-refractivity contribution in [2.45, 2.75) is 76.4 Å². The van der Waals surface area contributed by atoms with Crippen molar-refractivity contribution in [1.82, 2.24) is 19.8 Å². The molecule has 2 heterocycles. The molecule has 2 N–H and O–H groups in total. The maximum Gasteiger partial charge on any atom is 0.264 e. The zero-order chi connectivity index (χ0) is 31.6. The molecule has 1 saturated carbocycles. The van der Waals surface area contributed by atoms with Crippen LogP contribution in [0.15, 0.2) is 53.4 Å². The molecular formula is C33H43N5O5S. The third-order valence-corrected chi connectivity index (χ3v) is 9.95. The Labute approximate surface area is 260 Å². The summed E-state index contributed by atoms with van der Waals surface area (Å²) in [5, 5.41) is 9.28. The van der Waals surface area contributed by atoms with Crippen LogP contribution in [0.4, 0.5) is 5.95 Å². The number of carbonyl (C=O) groups is 1. The Hall–Kier alpha value is -3.54. The van der Waals surface area contributed by atoms with Gasteiger partial charge >= 0.3 is 0 Å². The van der Waals surface area contributed by atoms with E-state index in [1.807, 2.05) is 36.9 Å². The van der Waals surface area contributed by atoms with Crippen molar-refractivity contribution in [3.63, 3.8) is 0 Å². The van der Waals surface area contributed by atoms with Gasteiger partial charge in [0.25, 0.3) is 15.9 Å². The first-order valence-electron chi connectivity index (χ1n) is 15.3. The maximum absolute atomic E-state index is 14.3. The molecule has 1 aromatic heterocycles. The number of fused-ring (bicyclic) bond motifs is 4. The SMILES string of the molecule is Cc1cccc(C)c1-c1cc2nc(n1)NS(=O)(=O)c1cccc(c1)C(=O)N(C1CC(N(C)CCCO)C1)[C@H](CC(C)C)CO2. The summed E-state index contributed by atoms with van der Waals surface area (Å²) in [5.41, 5.74) is 3.72. The molecule has 2 aliphatic rings. The van der Waals surface area contributed by atoms with E-state index in [0.717, 1.165) is 36.1 Å². The normalized spacial score (nSPS) is 21.5. The summed E-state index contributed by atoms with van der Waals surface area (Å²) >= 11 is 0. The van der Waals surface area contributed by atoms with E-state index in [2.05, 4.69) is 40.5 Å². The number of benzene rings is 2. The van der Waals surface area contributed by atoms with Gasteiger partial charge in [-0.05, 0) is 81.8 Å². The van der Waals surface area contributed by atoms with Gasteiger partial charge in [0.05, 0.1) is 16.6 Å². The minimum absolute atomic E-state index is 0.0360. The second kappa shape index (κ2) is 13.2. The molecule has 10 nitrogen and oxygen atoms in total. The predicted molar refractivity (Wildman–Crippen MR) is 170 cm³/mol. The summed E-state index contributed by atoms with van der Waals surface area (Å²) < 4.78 is 36.0. The number of hydrogen-bond acceptors (Lipinski definition) is 8. The summed E-state index contributed by atoms with van der Waals surface area (Å²) in [7, 11) is -2.07. The number of sulfonamides is 1. The second-order valence-electron chi connectivity index (χ2n) is 12.5. The molecule has 0 spiro atoms. The Morgan fingerprint density at radius 1 is 1.09 bits per heavy atom. The lowest BCUT2D eigenvalue weighted by atomic mass is 9.82. The fourth-order valence-corrected chi connectivity index (χ4v) is 7.27. The van der Waals surface area contributed by atoms with Gasteiger partial charge < -0.3 is 19.6 Å². The van der Waals surface area contributed by atoms with Crippen LogP contribution >= 0.6 is 0 Å². The summed E-state index contributed by atoms with van der Waals surface area (Å²) in [6, 6.07) is 13.8. The predicted octanol–water partition coefficient (Wildman–Crippen LogP) is 4.66. The van der Waals surface area contributed by atoms with Crippen LogP contribution in [0.2, 0.25) is 0 Å². The molecule has 1 amide bonds. The van der Waals surface area contributed by atoms with Crippen LogP contribution < -0.4 is 9.46 Å². The molecular weight excluding hydrogens is 578 g/mol. The Kier molecular flexibility index (Phi) is 9.57. The minimum atomic E-state index is -4.12. The van der Waals surface area contributed by atoms with Gasteiger partial charge in [-0.15, -0.1) is 0 Å². The molecule has 3 aromatic rings. The number of aryl methyl sites for hydroxylation is 2. The van der Waals surface area contributed by atoms with Crippen LogP contribution in [0.3, 0.4) is 0 Å². The van der Waals surface area contributed by atoms with Crippen molar-refractivity contribution in [1.29, 1.82) is 0 Å². The van der Waals surface area contributed by atoms with Gasteiger partial charge in [-0.2, -0.15) is 4.98 Å². The number of amides is 1. The van der Waals surface area contributed by atoms with Crippen LogP contribution in [-0.4, -0.2) is 84.1 Å². The number of carbonyl (C=O) groups excluding carboxylic acids is 1. The monoisotopic (exact) mass is 621 g/mol. The van der Waals surface area contributed by atoms with Crippen LogP contribution in [-0.2, 0) is 10.0 Å². The third kappa shape index (κ3) is 6.90. The van der Waals surface area contributed by atoms with Crippen LogP contribution in [0.1, 0.15) is 61.0 Å². The fraction of sp³-hybridized carbons (Fsp3) is 0.485. The van der Waals surface area contributed by atoms with E-state index in [-0.39, 0.29) is 53.8 Å². The van der Waals surface area contributed by atoms with E-state index in [0.29, 0.717) is 30.1 Å². The molecule has 4 bridgehead atoms. The summed E-state index contributed by atoms with van der Waals surface area (Å²) in [5.74, 6) is 0.196. The molecule has 44 heavy (non-hydrogen) atoms. The molecule has 0 unspecified atom stereocenters. The highest BCUT2D eigenvalue weighted by Gasteiger charge is 2.42. The van der Waals surface area contributed by atoms with Gasteiger partial charge in [0.15, 0.2) is 0 Å². The van der Waals surface area contributed by atoms with E-state index in [1.54, 1.807) is 18.2 Å². The van der Waals surface area contributed by atoms with Gasteiger partial charge in [0.1, 0.15) is 6.61 Å². The topological polar surface area (TPSA) is 125 Å². The molecule has 1 aliphatic heterocycles. The first-order valence-corrected chi connectivity index (χ1v) is 16.8. The van der Waals surface area contributed by atoms with Crippen molar-refractivity contribution in [3.05, 3.63) is 65.2 Å². The van der Waals surface area contributed by atoms with E-state index in [4.69, 9.17) is 4.74 Å². The lowest BCUT2D eigenvalue weighted by Crippen LogP contribution is -2.59. The number of aromatic nitrogens is 2. The Morgan fingerprint density at radius 2 is 1.80 bits per heavy atom. The molecule has 1 atom stereocenters. The van der Waals surface area contributed by atoms with Crippen molar-refractivity contribution in [3.8, 4) is 17.1 Å². The average Bonchev–Trinajstić information content (AvgIpc) is 2.94. The number of nitrogens with zero attached hydrogens (tertiary/aromatic N) is 4. The lowest BCUT2D eigenvalue weighted by molar-refractivity contribution is 0.00188. The van der Waals surface area contributed by atoms with E-state index in [9.17, 15) is 18.3 Å². The molecule has 5 rings (SSSR count). The molecule has 1 aliphatic carbocycles. The minimum Gasteiger partial charge on any atom is -0.475 e. The number of nitrogens with one attached hydrogen (secondary N) is 1. The number of hydrogen-bond donors (Lipinski definition) is 2. The highest BCUT2D eigenvalue weighted by molar-refractivity contribution is 7.92. The van der Waals surface area contributed by atoms with Gasteiger partial charge in [0, 0.05) is 42.4 Å². The van der Waals surface area contributed by atoms with Gasteiger partial charge in [-0.3, -0.25) is 4.79 Å². The van der Waals surface area contributed by atoms with Gasteiger partial charge in [-0.25, -0.2) is 18.1 Å². The first-order chi connectivity index (χ1) is 21.0. The zero-order valence-corrected chi connectivity index (χ0v) is 27.0. The summed E-state index contributed by atoms with van der Waals surface area (Å²) in [4.78, 5) is 27.5. The number of aliphatic hydroxyl groups is 1. The Bertz CT molecular complexity index is 1590. The largest absolute Gasteiger partial charge is 0.475 e. The fourth-order valence-electron chi connectivity index (χ4n) is 6.28. The molecule has 0 saturated heterocycles. The lowest BCUT2D eigenvalue weighted by Gasteiger charge is -2.49. The van der Waals surface area contributed by atoms with Gasteiger partial charge in [0.2, 0.25) is 11.8 Å². The van der Waals surface area contributed by atoms with E-state index < -0.39 is 10.0 Å². The number of rotatable bonds is 8. The zero-order valence-electron chi connectivity index (χ0n) is 26.2. The summed E-state index contributed by atoms with van der Waals surface area (Å²) in [6.45, 7) is 9.33. The van der Waals surface area contributed by atoms with Crippen molar-refractivity contribution in [2.24, 2.45) is 5.92 Å². The number of aliphatic hydroxyl groups excluding tert-OH is 1. The standard InChI is InChI=1S/C33H43N5O5S/c1-21(2)15-27-20-43-30-19-29(31-22(3)9-6-10-23(31)4)34-33(35-30)36-44(41,42)28-12-7-11-24(16-28)32(40)38(27)26-17-25(18-26)37(5)13-8-14-39/h6-7,9-12,16,19,21,25-27,39H,8,13-15,17-18,20H2,1-5H3,(H,34,35,36)/t25?,26?,27-/m1/s1. The highest BCUT2D eigenvalue weighted by Crippen LogP contribution is 2.35. The first kappa shape index (κ1) is 31.9. The molecule has 236 valence electrons. The number of anilines is 1. The molecule has 2 aromatic carbocycles. The van der Waals surface area contributed by atoms with Crippen molar-refractivity contribution < 1.29 is 23.1 Å². The Balaban J connectivity index is 1.58. The van der Waals surface area contributed by atoms with Crippen LogP contribution in [0, 0.1) is 19.8 Å². The number of ether oxygens (including phenoxy) is 1. The van der Waals surface area contributed by atoms with Crippen molar-refractivity contribution in [2.75, 3.05) is 31.5 Å². The van der Waals surface area contributed by atoms with E-state index >= 15 is 0 Å². The van der Waals surface area contributed by atoms with Crippen LogP contribution in [0.5, 0.6) is 5.88 Å². The smallest absolute Gasteiger partial charge is 0.264 e. The molecule has 0 radical (unpaired) electrons. The average molecular weight is 622 g/mol. The quantitative estimate of drug-likeness (QED) is 0.372.